The van der Waals surface area contributed by atoms with Gasteiger partial charge in [0.05, 0.1) is 5.69 Å². The Morgan fingerprint density at radius 3 is 2.30 bits per heavy atom. The number of hydrogen-bond acceptors (Lipinski definition) is 2. The van der Waals surface area contributed by atoms with Crippen molar-refractivity contribution in [3.8, 4) is 5.75 Å². The van der Waals surface area contributed by atoms with Gasteiger partial charge in [0.25, 0.3) is 0 Å². The standard InChI is InChI=1S/C20H16INO/c21-18-10-12-19(13-11-18)22-14-17-8-4-5-9-20(17)23-15-16-6-2-1-3-7-16/h1-14H,15H2. The molecule has 2 nitrogen and oxygen atoms in total. The van der Waals surface area contributed by atoms with Crippen molar-refractivity contribution < 1.29 is 4.74 Å². The largest absolute Gasteiger partial charge is 0.488 e. The lowest BCUT2D eigenvalue weighted by Gasteiger charge is -2.09. The molecule has 0 bridgehead atoms. The van der Waals surface area contributed by atoms with Gasteiger partial charge in [-0.2, -0.15) is 0 Å². The Hall–Kier alpha value is -2.14. The molecule has 0 fully saturated rings. The fourth-order valence-corrected chi connectivity index (χ4v) is 2.48. The van der Waals surface area contributed by atoms with E-state index in [4.69, 9.17) is 4.74 Å². The lowest BCUT2D eigenvalue weighted by molar-refractivity contribution is 0.306. The van der Waals surface area contributed by atoms with Gasteiger partial charge in [-0.15, -0.1) is 0 Å². The summed E-state index contributed by atoms with van der Waals surface area (Å²) < 4.78 is 7.14. The maximum atomic E-state index is 5.94. The Kier molecular flexibility index (Phi) is 5.42. The van der Waals surface area contributed by atoms with Gasteiger partial charge in [0, 0.05) is 15.3 Å². The third-order valence-electron chi connectivity index (χ3n) is 3.34. The molecule has 0 N–H and O–H groups in total. The van der Waals surface area contributed by atoms with Gasteiger partial charge in [0.15, 0.2) is 0 Å². The zero-order valence-corrected chi connectivity index (χ0v) is 14.7. The second-order valence-corrected chi connectivity index (χ2v) is 6.29. The van der Waals surface area contributed by atoms with Crippen LogP contribution in [0.15, 0.2) is 83.9 Å². The molecule has 3 aromatic rings. The summed E-state index contributed by atoms with van der Waals surface area (Å²) in [5, 5.41) is 0. The van der Waals surface area contributed by atoms with Crippen LogP contribution in [0.5, 0.6) is 5.75 Å². The molecular formula is C20H16INO. The molecule has 23 heavy (non-hydrogen) atoms. The maximum Gasteiger partial charge on any atom is 0.128 e. The van der Waals surface area contributed by atoms with Crippen LogP contribution in [0.1, 0.15) is 11.1 Å². The third kappa shape index (κ3) is 4.66. The van der Waals surface area contributed by atoms with Gasteiger partial charge < -0.3 is 4.74 Å². The quantitative estimate of drug-likeness (QED) is 0.393. The van der Waals surface area contributed by atoms with Crippen LogP contribution in [0.2, 0.25) is 0 Å². The van der Waals surface area contributed by atoms with Crippen molar-refractivity contribution in [1.82, 2.24) is 0 Å². The summed E-state index contributed by atoms with van der Waals surface area (Å²) in [4.78, 5) is 4.52. The smallest absolute Gasteiger partial charge is 0.128 e. The average molecular weight is 413 g/mol. The maximum absolute atomic E-state index is 5.94. The molecule has 0 saturated carbocycles. The Morgan fingerprint density at radius 2 is 1.52 bits per heavy atom. The van der Waals surface area contributed by atoms with E-state index in [1.165, 1.54) is 3.57 Å². The van der Waals surface area contributed by atoms with Crippen molar-refractivity contribution in [3.63, 3.8) is 0 Å². The fourth-order valence-electron chi connectivity index (χ4n) is 2.13. The number of benzene rings is 3. The van der Waals surface area contributed by atoms with E-state index in [1.54, 1.807) is 0 Å². The lowest BCUT2D eigenvalue weighted by atomic mass is 10.2. The summed E-state index contributed by atoms with van der Waals surface area (Å²) in [6, 6.07) is 26.2. The minimum Gasteiger partial charge on any atom is -0.488 e. The monoisotopic (exact) mass is 413 g/mol. The molecule has 0 aromatic heterocycles. The van der Waals surface area contributed by atoms with Gasteiger partial charge in [-0.05, 0) is 64.6 Å². The van der Waals surface area contributed by atoms with Crippen molar-refractivity contribution in [2.75, 3.05) is 0 Å². The Balaban J connectivity index is 1.73. The zero-order chi connectivity index (χ0) is 15.9. The van der Waals surface area contributed by atoms with E-state index in [1.807, 2.05) is 72.9 Å². The highest BCUT2D eigenvalue weighted by Gasteiger charge is 2.01. The number of rotatable bonds is 5. The first-order valence-electron chi connectivity index (χ1n) is 7.37. The van der Waals surface area contributed by atoms with Gasteiger partial charge in [-0.1, -0.05) is 42.5 Å². The van der Waals surface area contributed by atoms with Crippen LogP contribution >= 0.6 is 22.6 Å². The van der Waals surface area contributed by atoms with Crippen LogP contribution in [-0.2, 0) is 6.61 Å². The van der Waals surface area contributed by atoms with Crippen LogP contribution in [-0.4, -0.2) is 6.21 Å². The van der Waals surface area contributed by atoms with Gasteiger partial charge in [-0.25, -0.2) is 0 Å². The second-order valence-electron chi connectivity index (χ2n) is 5.05. The topological polar surface area (TPSA) is 21.6 Å². The number of para-hydroxylation sites is 1. The van der Waals surface area contributed by atoms with E-state index in [9.17, 15) is 0 Å². The van der Waals surface area contributed by atoms with Gasteiger partial charge in [0.1, 0.15) is 12.4 Å². The van der Waals surface area contributed by atoms with Gasteiger partial charge in [0.2, 0.25) is 0 Å². The minimum absolute atomic E-state index is 0.551. The summed E-state index contributed by atoms with van der Waals surface area (Å²) in [5.41, 5.74) is 3.06. The Labute approximate surface area is 150 Å². The Morgan fingerprint density at radius 1 is 0.826 bits per heavy atom. The highest BCUT2D eigenvalue weighted by Crippen LogP contribution is 2.20. The normalized spacial score (nSPS) is 10.8. The van der Waals surface area contributed by atoms with Gasteiger partial charge in [-0.3, -0.25) is 4.99 Å². The molecule has 0 saturated heterocycles. The number of hydrogen-bond donors (Lipinski definition) is 0. The number of halogens is 1. The lowest BCUT2D eigenvalue weighted by Crippen LogP contribution is -1.97. The van der Waals surface area contributed by atoms with Crippen LogP contribution in [0.3, 0.4) is 0 Å². The molecule has 3 heteroatoms. The summed E-state index contributed by atoms with van der Waals surface area (Å²) in [6.07, 6.45) is 1.85. The predicted molar refractivity (Wildman–Crippen MR) is 104 cm³/mol. The highest BCUT2D eigenvalue weighted by atomic mass is 127. The number of nitrogens with zero attached hydrogens (tertiary/aromatic N) is 1. The predicted octanol–water partition coefficient (Wildman–Crippen LogP) is 5.62. The summed E-state index contributed by atoms with van der Waals surface area (Å²) in [6.45, 7) is 0.551. The molecule has 3 aromatic carbocycles. The third-order valence-corrected chi connectivity index (χ3v) is 4.05. The molecule has 0 aliphatic heterocycles. The van der Waals surface area contributed by atoms with E-state index >= 15 is 0 Å². The number of aliphatic imine (C=N–C) groups is 1. The van der Waals surface area contributed by atoms with E-state index in [0.717, 1.165) is 22.6 Å². The first kappa shape index (κ1) is 15.7. The SMILES string of the molecule is Ic1ccc(N=Cc2ccccc2OCc2ccccc2)cc1. The molecule has 0 spiro atoms. The van der Waals surface area contributed by atoms with Crippen LogP contribution in [0, 0.1) is 3.57 Å². The summed E-state index contributed by atoms with van der Waals surface area (Å²) in [5.74, 6) is 0.839. The van der Waals surface area contributed by atoms with E-state index in [-0.39, 0.29) is 0 Å². The van der Waals surface area contributed by atoms with Crippen molar-refractivity contribution in [2.24, 2.45) is 4.99 Å². The molecule has 0 unspecified atom stereocenters. The van der Waals surface area contributed by atoms with E-state index in [2.05, 4.69) is 39.7 Å². The van der Waals surface area contributed by atoms with Crippen molar-refractivity contribution in [1.29, 1.82) is 0 Å². The Bertz CT molecular complexity index is 782. The molecule has 3 rings (SSSR count). The molecule has 114 valence electrons. The number of ether oxygens (including phenoxy) is 1. The highest BCUT2D eigenvalue weighted by molar-refractivity contribution is 14.1. The molecule has 0 aliphatic rings. The summed E-state index contributed by atoms with van der Waals surface area (Å²) >= 11 is 2.29. The zero-order valence-electron chi connectivity index (χ0n) is 12.5. The van der Waals surface area contributed by atoms with Crippen LogP contribution < -0.4 is 4.74 Å². The first-order valence-corrected chi connectivity index (χ1v) is 8.44. The van der Waals surface area contributed by atoms with Crippen LogP contribution in [0.4, 0.5) is 5.69 Å². The second kappa shape index (κ2) is 7.92. The average Bonchev–Trinajstić information content (AvgIpc) is 2.61. The fraction of sp³-hybridized carbons (Fsp3) is 0.0500. The molecule has 0 amide bonds. The van der Waals surface area contributed by atoms with E-state index < -0.39 is 0 Å². The molecule has 0 atom stereocenters. The van der Waals surface area contributed by atoms with Crippen LogP contribution in [0.25, 0.3) is 0 Å². The van der Waals surface area contributed by atoms with Crippen molar-refractivity contribution in [3.05, 3.63) is 93.6 Å². The van der Waals surface area contributed by atoms with E-state index in [0.29, 0.717) is 6.61 Å². The molecule has 0 heterocycles. The minimum atomic E-state index is 0.551. The van der Waals surface area contributed by atoms with Crippen molar-refractivity contribution >= 4 is 34.5 Å². The van der Waals surface area contributed by atoms with Gasteiger partial charge >= 0.3 is 0 Å². The first-order chi connectivity index (χ1) is 11.3. The summed E-state index contributed by atoms with van der Waals surface area (Å²) in [7, 11) is 0. The molecule has 0 radical (unpaired) electrons. The van der Waals surface area contributed by atoms with Crippen molar-refractivity contribution in [2.45, 2.75) is 6.61 Å². The molecule has 0 aliphatic carbocycles. The molecular weight excluding hydrogens is 397 g/mol.